The van der Waals surface area contributed by atoms with E-state index < -0.39 is 0 Å². The molecule has 2 saturated heterocycles. The zero-order valence-corrected chi connectivity index (χ0v) is 25.5. The van der Waals surface area contributed by atoms with Crippen LogP contribution in [-0.2, 0) is 24.1 Å². The van der Waals surface area contributed by atoms with Crippen molar-refractivity contribution in [3.8, 4) is 5.75 Å². The summed E-state index contributed by atoms with van der Waals surface area (Å²) in [5.41, 5.74) is 4.53. The Balaban J connectivity index is 0.954. The molecule has 2 aromatic heterocycles. The van der Waals surface area contributed by atoms with Crippen LogP contribution in [0, 0.1) is 6.92 Å². The number of aryl methyl sites for hydroxylation is 1. The van der Waals surface area contributed by atoms with Crippen molar-refractivity contribution < 1.29 is 14.6 Å². The van der Waals surface area contributed by atoms with Crippen LogP contribution in [0.3, 0.4) is 0 Å². The van der Waals surface area contributed by atoms with E-state index in [4.69, 9.17) is 4.74 Å². The summed E-state index contributed by atoms with van der Waals surface area (Å²) in [5, 5.41) is 16.3. The van der Waals surface area contributed by atoms with Crippen molar-refractivity contribution in [2.75, 3.05) is 45.9 Å². The van der Waals surface area contributed by atoms with Crippen LogP contribution in [0.15, 0.2) is 46.6 Å². The highest BCUT2D eigenvalue weighted by atomic mass is 32.1. The van der Waals surface area contributed by atoms with Crippen LogP contribution in [0.1, 0.15) is 45.0 Å². The van der Waals surface area contributed by atoms with Crippen LogP contribution in [0.4, 0.5) is 0 Å². The van der Waals surface area contributed by atoms with E-state index in [1.807, 2.05) is 23.3 Å². The number of ether oxygens (including phenoxy) is 1. The number of aromatic amines is 1. The van der Waals surface area contributed by atoms with Gasteiger partial charge in [-0.25, -0.2) is 4.98 Å². The fourth-order valence-corrected chi connectivity index (χ4v) is 7.54. The molecule has 4 aromatic rings. The van der Waals surface area contributed by atoms with Crippen LogP contribution in [-0.4, -0.2) is 82.3 Å². The number of amides is 1. The maximum atomic E-state index is 13.0. The zero-order valence-electron chi connectivity index (χ0n) is 23.9. The number of aromatic nitrogens is 2. The van der Waals surface area contributed by atoms with E-state index in [0.717, 1.165) is 85.0 Å². The average molecular weight is 608 g/mol. The van der Waals surface area contributed by atoms with E-state index in [2.05, 4.69) is 44.5 Å². The number of piperidine rings is 1. The number of phenolic OH excluding ortho intramolecular Hbond substituents is 1. The maximum absolute atomic E-state index is 13.0. The lowest BCUT2D eigenvalue weighted by atomic mass is 9.89. The number of aromatic hydroxyl groups is 1. The maximum Gasteiger partial charge on any atom is 0.305 e. The number of carbonyl (C=O) groups excluding carboxylic acids is 1. The van der Waals surface area contributed by atoms with Gasteiger partial charge in [-0.05, 0) is 68.5 Å². The molecule has 1 amide bonds. The Morgan fingerprint density at radius 2 is 1.95 bits per heavy atom. The average Bonchev–Trinajstić information content (AvgIpc) is 3.61. The minimum Gasteiger partial charge on any atom is -0.506 e. The highest BCUT2D eigenvalue weighted by molar-refractivity contribution is 7.16. The minimum atomic E-state index is -0.256. The summed E-state index contributed by atoms with van der Waals surface area (Å²) in [5.74, 6) is 0.138. The van der Waals surface area contributed by atoms with Crippen molar-refractivity contribution in [1.82, 2.24) is 25.1 Å². The summed E-state index contributed by atoms with van der Waals surface area (Å²) in [4.78, 5) is 36.1. The Morgan fingerprint density at radius 1 is 1.14 bits per heavy atom. The van der Waals surface area contributed by atoms with E-state index in [0.29, 0.717) is 30.9 Å². The number of hydrogen-bond acceptors (Lipinski definition) is 9. The number of morpholine rings is 1. The molecule has 3 N–H and O–H groups in total. The SMILES string of the molecule is Cc1nc(C(=O)N2CCOC3(CCN(Cc4cccc(CCNCCc5ccc(O)c6[nH]c(=O)sc56)c4)CC3)C2)cs1. The van der Waals surface area contributed by atoms with E-state index in [1.54, 1.807) is 6.07 Å². The zero-order chi connectivity index (χ0) is 29.1. The van der Waals surface area contributed by atoms with Gasteiger partial charge in [0.1, 0.15) is 17.0 Å². The first-order valence-corrected chi connectivity index (χ1v) is 16.3. The molecule has 1 spiro atoms. The smallest absolute Gasteiger partial charge is 0.305 e. The molecule has 6 rings (SSSR count). The Morgan fingerprint density at radius 3 is 2.76 bits per heavy atom. The van der Waals surface area contributed by atoms with Crippen molar-refractivity contribution in [3.05, 3.63) is 78.8 Å². The second-order valence-electron chi connectivity index (χ2n) is 11.3. The first-order valence-electron chi connectivity index (χ1n) is 14.6. The first kappa shape index (κ1) is 29.0. The molecule has 2 aliphatic heterocycles. The van der Waals surface area contributed by atoms with Crippen LogP contribution in [0.25, 0.3) is 10.2 Å². The highest BCUT2D eigenvalue weighted by Gasteiger charge is 2.41. The molecule has 2 fully saturated rings. The van der Waals surface area contributed by atoms with Crippen LogP contribution >= 0.6 is 22.7 Å². The fraction of sp³-hybridized carbons (Fsp3) is 0.452. The summed E-state index contributed by atoms with van der Waals surface area (Å²) in [6.45, 7) is 8.25. The van der Waals surface area contributed by atoms with Gasteiger partial charge in [-0.3, -0.25) is 14.5 Å². The van der Waals surface area contributed by atoms with Gasteiger partial charge >= 0.3 is 4.87 Å². The predicted octanol–water partition coefficient (Wildman–Crippen LogP) is 3.94. The summed E-state index contributed by atoms with van der Waals surface area (Å²) in [6.07, 6.45) is 3.57. The van der Waals surface area contributed by atoms with Gasteiger partial charge in [0.15, 0.2) is 0 Å². The van der Waals surface area contributed by atoms with Crippen molar-refractivity contribution in [1.29, 1.82) is 0 Å². The largest absolute Gasteiger partial charge is 0.506 e. The lowest BCUT2D eigenvalue weighted by Gasteiger charge is -2.47. The monoisotopic (exact) mass is 607 g/mol. The predicted molar refractivity (Wildman–Crippen MR) is 167 cm³/mol. The standard InChI is InChI=1S/C31H37N5O4S2/c1-21-33-25(19-41-21)29(38)36-15-16-40-31(20-36)9-13-35(14-10-31)18-23-4-2-3-22(17-23)7-11-32-12-8-24-5-6-26(37)27-28(24)42-30(39)34-27/h2-6,17,19,32,37H,7-16,18,20H2,1H3,(H,34,39). The number of nitrogens with one attached hydrogen (secondary N) is 2. The van der Waals surface area contributed by atoms with E-state index in [9.17, 15) is 14.7 Å². The molecular weight excluding hydrogens is 571 g/mol. The van der Waals surface area contributed by atoms with E-state index in [-0.39, 0.29) is 22.1 Å². The number of phenols is 1. The van der Waals surface area contributed by atoms with E-state index in [1.165, 1.54) is 22.5 Å². The molecule has 222 valence electrons. The fourth-order valence-electron chi connectivity index (χ4n) is 6.06. The lowest BCUT2D eigenvalue weighted by Crippen LogP contribution is -2.58. The number of nitrogens with zero attached hydrogens (tertiary/aromatic N) is 3. The number of benzene rings is 2. The molecule has 9 nitrogen and oxygen atoms in total. The first-order chi connectivity index (χ1) is 20.4. The van der Waals surface area contributed by atoms with Gasteiger partial charge in [-0.1, -0.05) is 41.7 Å². The molecule has 42 heavy (non-hydrogen) atoms. The van der Waals surface area contributed by atoms with Gasteiger partial charge in [0, 0.05) is 31.6 Å². The van der Waals surface area contributed by atoms with Gasteiger partial charge in [0.25, 0.3) is 5.91 Å². The van der Waals surface area contributed by atoms with Crippen LogP contribution in [0.5, 0.6) is 5.75 Å². The molecular formula is C31H37N5O4S2. The Hall–Kier alpha value is -3.09. The molecule has 0 saturated carbocycles. The number of rotatable bonds is 9. The third-order valence-corrected chi connectivity index (χ3v) is 10.1. The Kier molecular flexibility index (Phi) is 8.73. The number of carbonyl (C=O) groups is 1. The highest BCUT2D eigenvalue weighted by Crippen LogP contribution is 2.32. The Labute approximate surface area is 253 Å². The normalized spacial score (nSPS) is 17.3. The van der Waals surface area contributed by atoms with Gasteiger partial charge in [-0.15, -0.1) is 11.3 Å². The summed E-state index contributed by atoms with van der Waals surface area (Å²) in [7, 11) is 0. The number of likely N-dealkylation sites (tertiary alicyclic amines) is 1. The van der Waals surface area contributed by atoms with Gasteiger partial charge in [0.05, 0.1) is 28.5 Å². The lowest BCUT2D eigenvalue weighted by molar-refractivity contribution is -0.128. The molecule has 0 unspecified atom stereocenters. The van der Waals surface area contributed by atoms with E-state index >= 15 is 0 Å². The molecule has 4 heterocycles. The molecule has 0 bridgehead atoms. The van der Waals surface area contributed by atoms with Crippen molar-refractivity contribution in [3.63, 3.8) is 0 Å². The summed E-state index contributed by atoms with van der Waals surface area (Å²) < 4.78 is 7.13. The number of thiazole rings is 2. The number of H-pyrrole nitrogens is 1. The summed E-state index contributed by atoms with van der Waals surface area (Å²) >= 11 is 2.67. The molecule has 0 aliphatic carbocycles. The second kappa shape index (κ2) is 12.6. The van der Waals surface area contributed by atoms with Crippen molar-refractivity contribution in [2.24, 2.45) is 0 Å². The van der Waals surface area contributed by atoms with Gasteiger partial charge < -0.3 is 25.0 Å². The topological polar surface area (TPSA) is 111 Å². The van der Waals surface area contributed by atoms with Gasteiger partial charge in [-0.2, -0.15) is 0 Å². The van der Waals surface area contributed by atoms with Crippen molar-refractivity contribution in [2.45, 2.75) is 44.8 Å². The number of hydrogen-bond donors (Lipinski definition) is 3. The third-order valence-electron chi connectivity index (χ3n) is 8.34. The van der Waals surface area contributed by atoms with Crippen molar-refractivity contribution >= 4 is 38.8 Å². The number of fused-ring (bicyclic) bond motifs is 1. The molecule has 0 atom stereocenters. The quantitative estimate of drug-likeness (QED) is 0.247. The Bertz CT molecular complexity index is 1600. The molecule has 2 aliphatic rings. The third kappa shape index (κ3) is 6.60. The van der Waals surface area contributed by atoms with Crippen LogP contribution in [0.2, 0.25) is 0 Å². The van der Waals surface area contributed by atoms with Gasteiger partial charge in [0.2, 0.25) is 0 Å². The van der Waals surface area contributed by atoms with Crippen LogP contribution < -0.4 is 10.2 Å². The molecule has 0 radical (unpaired) electrons. The molecule has 11 heteroatoms. The molecule has 2 aromatic carbocycles. The second-order valence-corrected chi connectivity index (χ2v) is 13.4. The summed E-state index contributed by atoms with van der Waals surface area (Å²) in [6, 6.07) is 12.4. The minimum absolute atomic E-state index is 0.0208.